The van der Waals surface area contributed by atoms with Crippen LogP contribution in [-0.4, -0.2) is 41.1 Å². The van der Waals surface area contributed by atoms with Crippen molar-refractivity contribution in [2.45, 2.75) is 13.0 Å². The molecule has 1 saturated heterocycles. The van der Waals surface area contributed by atoms with Gasteiger partial charge in [0.2, 0.25) is 5.91 Å². The molecule has 0 radical (unpaired) electrons. The molecule has 2 heterocycles. The van der Waals surface area contributed by atoms with Crippen LogP contribution in [0.1, 0.15) is 6.92 Å². The molecule has 1 aromatic rings. The number of hydrazone groups is 1. The lowest BCUT2D eigenvalue weighted by molar-refractivity contribution is -0.384. The highest BCUT2D eigenvalue weighted by Crippen LogP contribution is 2.35. The second kappa shape index (κ2) is 6.13. The first-order valence-electron chi connectivity index (χ1n) is 7.18. The minimum Gasteiger partial charge on any atom is -0.461 e. The van der Waals surface area contributed by atoms with Crippen molar-refractivity contribution in [2.75, 3.05) is 11.5 Å². The predicted molar refractivity (Wildman–Crippen MR) is 85.1 cm³/mol. The third-order valence-corrected chi connectivity index (χ3v) is 4.11. The number of benzene rings is 1. The molecule has 1 aromatic carbocycles. The van der Waals surface area contributed by atoms with Crippen LogP contribution in [0, 0.1) is 16.0 Å². The van der Waals surface area contributed by atoms with Crippen LogP contribution >= 0.6 is 11.6 Å². The van der Waals surface area contributed by atoms with E-state index in [9.17, 15) is 24.5 Å². The van der Waals surface area contributed by atoms with Crippen molar-refractivity contribution < 1.29 is 24.0 Å². The van der Waals surface area contributed by atoms with Crippen molar-refractivity contribution in [3.8, 4) is 0 Å². The number of hydrogen-bond donors (Lipinski definition) is 1. The molecular formula is C14H11ClN4O6. The number of fused-ring (bicyclic) bond motifs is 1. The fraction of sp³-hybridized carbons (Fsp3) is 0.286. The summed E-state index contributed by atoms with van der Waals surface area (Å²) in [6, 6.07) is 2.51. The van der Waals surface area contributed by atoms with Crippen LogP contribution < -0.4 is 10.3 Å². The van der Waals surface area contributed by atoms with Gasteiger partial charge < -0.3 is 4.74 Å². The van der Waals surface area contributed by atoms with Crippen LogP contribution in [0.25, 0.3) is 0 Å². The molecule has 0 spiro atoms. The Morgan fingerprint density at radius 1 is 1.44 bits per heavy atom. The molecule has 2 atom stereocenters. The molecule has 3 rings (SSSR count). The van der Waals surface area contributed by atoms with E-state index in [1.807, 2.05) is 0 Å². The minimum absolute atomic E-state index is 0.00879. The van der Waals surface area contributed by atoms with E-state index in [1.54, 1.807) is 6.92 Å². The van der Waals surface area contributed by atoms with Crippen LogP contribution in [0.3, 0.4) is 0 Å². The number of nitrogens with one attached hydrogen (secondary N) is 1. The normalized spacial score (nSPS) is 21.7. The average Bonchev–Trinajstić information content (AvgIpc) is 3.10. The Balaban J connectivity index is 1.96. The molecule has 0 aliphatic carbocycles. The van der Waals surface area contributed by atoms with E-state index in [0.29, 0.717) is 0 Å². The summed E-state index contributed by atoms with van der Waals surface area (Å²) in [5, 5.41) is 14.6. The maximum Gasteiger partial charge on any atom is 0.355 e. The first kappa shape index (κ1) is 16.8. The molecule has 0 saturated carbocycles. The summed E-state index contributed by atoms with van der Waals surface area (Å²) in [6.45, 7) is 1.68. The molecule has 130 valence electrons. The van der Waals surface area contributed by atoms with Crippen LogP contribution in [0.4, 0.5) is 11.4 Å². The summed E-state index contributed by atoms with van der Waals surface area (Å²) in [5.74, 6) is -3.33. The number of amides is 2. The van der Waals surface area contributed by atoms with E-state index in [2.05, 4.69) is 10.5 Å². The summed E-state index contributed by atoms with van der Waals surface area (Å²) in [4.78, 5) is 48.1. The molecule has 0 bridgehead atoms. The van der Waals surface area contributed by atoms with Gasteiger partial charge in [-0.15, -0.1) is 0 Å². The highest BCUT2D eigenvalue weighted by Gasteiger charge is 2.55. The minimum atomic E-state index is -1.14. The average molecular weight is 367 g/mol. The van der Waals surface area contributed by atoms with Gasteiger partial charge in [0.1, 0.15) is 17.0 Å². The van der Waals surface area contributed by atoms with Gasteiger partial charge in [-0.05, 0) is 19.1 Å². The number of anilines is 1. The largest absolute Gasteiger partial charge is 0.461 e. The Labute approximate surface area is 145 Å². The van der Waals surface area contributed by atoms with Crippen molar-refractivity contribution in [3.05, 3.63) is 33.3 Å². The van der Waals surface area contributed by atoms with Gasteiger partial charge in [-0.25, -0.2) is 9.69 Å². The number of hydrogen-bond acceptors (Lipinski definition) is 8. The molecule has 2 amide bonds. The number of esters is 1. The number of carbonyl (C=O) groups excluding carboxylic acids is 3. The number of imide groups is 1. The number of nitro groups is 1. The van der Waals surface area contributed by atoms with Gasteiger partial charge in [-0.1, -0.05) is 11.6 Å². The topological polar surface area (TPSA) is 131 Å². The molecule has 1 fully saturated rings. The van der Waals surface area contributed by atoms with Gasteiger partial charge in [0.05, 0.1) is 17.2 Å². The second-order valence-corrected chi connectivity index (χ2v) is 5.61. The smallest absolute Gasteiger partial charge is 0.355 e. The maximum absolute atomic E-state index is 12.7. The van der Waals surface area contributed by atoms with E-state index in [-0.39, 0.29) is 23.0 Å². The molecule has 11 heteroatoms. The quantitative estimate of drug-likeness (QED) is 0.357. The zero-order valence-corrected chi connectivity index (χ0v) is 13.5. The van der Waals surface area contributed by atoms with Crippen molar-refractivity contribution in [2.24, 2.45) is 11.0 Å². The van der Waals surface area contributed by atoms with Gasteiger partial charge in [-0.3, -0.25) is 25.1 Å². The first-order valence-corrected chi connectivity index (χ1v) is 7.56. The second-order valence-electron chi connectivity index (χ2n) is 5.21. The number of ether oxygens (including phenoxy) is 1. The van der Waals surface area contributed by atoms with Crippen LogP contribution in [0.2, 0.25) is 5.02 Å². The highest BCUT2D eigenvalue weighted by molar-refractivity contribution is 6.46. The number of nitrogens with zero attached hydrogens (tertiary/aromatic N) is 3. The van der Waals surface area contributed by atoms with Crippen molar-refractivity contribution in [3.63, 3.8) is 0 Å². The van der Waals surface area contributed by atoms with Crippen LogP contribution in [-0.2, 0) is 19.1 Å². The summed E-state index contributed by atoms with van der Waals surface area (Å²) in [7, 11) is 0. The number of carbonyl (C=O) groups is 3. The van der Waals surface area contributed by atoms with Gasteiger partial charge in [0, 0.05) is 6.07 Å². The van der Waals surface area contributed by atoms with E-state index in [0.717, 1.165) is 11.0 Å². The van der Waals surface area contributed by atoms with E-state index in [1.165, 1.54) is 12.1 Å². The lowest BCUT2D eigenvalue weighted by atomic mass is 9.99. The van der Waals surface area contributed by atoms with E-state index < -0.39 is 40.4 Å². The Morgan fingerprint density at radius 3 is 2.80 bits per heavy atom. The number of halogens is 1. The lowest BCUT2D eigenvalue weighted by Gasteiger charge is -2.15. The number of rotatable bonds is 4. The van der Waals surface area contributed by atoms with E-state index >= 15 is 0 Å². The van der Waals surface area contributed by atoms with E-state index in [4.69, 9.17) is 16.3 Å². The molecule has 0 aromatic heterocycles. The molecule has 0 unspecified atom stereocenters. The summed E-state index contributed by atoms with van der Waals surface area (Å²) in [6.07, 6.45) is 0. The van der Waals surface area contributed by atoms with Gasteiger partial charge in [0.25, 0.3) is 11.6 Å². The standard InChI is InChI=1S/C14H11ClN4O6/c1-2-25-14(22)11-9-10(16-17-11)13(21)18(12(9)20)6-3-4-7(15)8(5-6)19(23)24/h3-5,9-10,16H,2H2,1H3/t9-,10-/m0/s1. The van der Waals surface area contributed by atoms with Gasteiger partial charge in [-0.2, -0.15) is 5.10 Å². The third-order valence-electron chi connectivity index (χ3n) is 3.79. The summed E-state index contributed by atoms with van der Waals surface area (Å²) in [5.41, 5.74) is 1.80. The SMILES string of the molecule is CCOC(=O)C1=NN[C@@H]2C(=O)N(c3ccc(Cl)c([N+](=O)[O-])c3)C(=O)[C@H]12. The Kier molecular flexibility index (Phi) is 4.13. The fourth-order valence-corrected chi connectivity index (χ4v) is 2.88. The molecule has 10 nitrogen and oxygen atoms in total. The Hall–Kier alpha value is -3.01. The maximum atomic E-state index is 12.7. The van der Waals surface area contributed by atoms with Gasteiger partial charge >= 0.3 is 5.97 Å². The molecular weight excluding hydrogens is 356 g/mol. The van der Waals surface area contributed by atoms with Crippen LogP contribution in [0.15, 0.2) is 23.3 Å². The Bertz CT molecular complexity index is 839. The van der Waals surface area contributed by atoms with Crippen molar-refractivity contribution in [1.29, 1.82) is 0 Å². The van der Waals surface area contributed by atoms with Gasteiger partial charge in [0.15, 0.2) is 5.71 Å². The third kappa shape index (κ3) is 2.60. The molecule has 2 aliphatic rings. The number of nitro benzene ring substituents is 1. The molecule has 1 N–H and O–H groups in total. The lowest BCUT2D eigenvalue weighted by Crippen LogP contribution is -2.36. The first-order chi connectivity index (χ1) is 11.9. The predicted octanol–water partition coefficient (Wildman–Crippen LogP) is 0.628. The van der Waals surface area contributed by atoms with Crippen molar-refractivity contribution >= 4 is 46.5 Å². The Morgan fingerprint density at radius 2 is 2.16 bits per heavy atom. The van der Waals surface area contributed by atoms with Crippen molar-refractivity contribution in [1.82, 2.24) is 5.43 Å². The summed E-state index contributed by atoms with van der Waals surface area (Å²) < 4.78 is 4.83. The fourth-order valence-electron chi connectivity index (χ4n) is 2.70. The monoisotopic (exact) mass is 366 g/mol. The van der Waals surface area contributed by atoms with Crippen LogP contribution in [0.5, 0.6) is 0 Å². The summed E-state index contributed by atoms with van der Waals surface area (Å²) >= 11 is 5.74. The molecule has 25 heavy (non-hydrogen) atoms. The highest BCUT2D eigenvalue weighted by atomic mass is 35.5. The zero-order valence-electron chi connectivity index (χ0n) is 12.8. The molecule has 2 aliphatic heterocycles. The zero-order chi connectivity index (χ0) is 18.3.